The molecule has 124 valence electrons. The van der Waals surface area contributed by atoms with Gasteiger partial charge in [-0.05, 0) is 24.3 Å². The number of imidazole rings is 1. The molecule has 24 heavy (non-hydrogen) atoms. The zero-order valence-corrected chi connectivity index (χ0v) is 14.9. The number of rotatable bonds is 3. The van der Waals surface area contributed by atoms with Crippen molar-refractivity contribution in [2.45, 2.75) is 26.2 Å². The summed E-state index contributed by atoms with van der Waals surface area (Å²) in [4.78, 5) is 4.70. The number of halogens is 1. The van der Waals surface area contributed by atoms with Crippen LogP contribution in [0.5, 0.6) is 5.75 Å². The molecule has 0 atom stereocenters. The SMILES string of the molecule is COc1ccc(Cl)c(N=Nc2c(C(C)(C)C)nc3ccccn23)c1. The van der Waals surface area contributed by atoms with E-state index in [4.69, 9.17) is 21.3 Å². The van der Waals surface area contributed by atoms with Crippen LogP contribution in [-0.4, -0.2) is 16.5 Å². The van der Waals surface area contributed by atoms with Crippen LogP contribution >= 0.6 is 11.6 Å². The Morgan fingerprint density at radius 3 is 2.62 bits per heavy atom. The first-order valence-corrected chi connectivity index (χ1v) is 8.01. The van der Waals surface area contributed by atoms with Gasteiger partial charge < -0.3 is 4.74 Å². The molecule has 6 heteroatoms. The third kappa shape index (κ3) is 3.12. The molecule has 0 unspecified atom stereocenters. The molecule has 0 amide bonds. The lowest BCUT2D eigenvalue weighted by atomic mass is 9.92. The molecule has 0 saturated heterocycles. The van der Waals surface area contributed by atoms with E-state index in [0.717, 1.165) is 11.3 Å². The van der Waals surface area contributed by atoms with Crippen LogP contribution in [0.3, 0.4) is 0 Å². The first-order chi connectivity index (χ1) is 11.4. The molecule has 0 fully saturated rings. The maximum atomic E-state index is 6.21. The summed E-state index contributed by atoms with van der Waals surface area (Å²) in [6.07, 6.45) is 1.93. The first-order valence-electron chi connectivity index (χ1n) is 7.63. The van der Waals surface area contributed by atoms with Crippen LogP contribution in [0.2, 0.25) is 5.02 Å². The maximum absolute atomic E-state index is 6.21. The van der Waals surface area contributed by atoms with E-state index in [2.05, 4.69) is 31.0 Å². The monoisotopic (exact) mass is 342 g/mol. The lowest BCUT2D eigenvalue weighted by Crippen LogP contribution is -2.11. The molecule has 0 radical (unpaired) electrons. The lowest BCUT2D eigenvalue weighted by molar-refractivity contribution is 0.415. The van der Waals surface area contributed by atoms with Gasteiger partial charge in [0.05, 0.1) is 17.8 Å². The largest absolute Gasteiger partial charge is 0.497 e. The van der Waals surface area contributed by atoms with E-state index in [1.54, 1.807) is 25.3 Å². The Balaban J connectivity index is 2.13. The molecule has 2 heterocycles. The summed E-state index contributed by atoms with van der Waals surface area (Å²) in [5, 5.41) is 9.31. The fourth-order valence-corrected chi connectivity index (χ4v) is 2.53. The van der Waals surface area contributed by atoms with Gasteiger partial charge in [-0.3, -0.25) is 4.40 Å². The highest BCUT2D eigenvalue weighted by atomic mass is 35.5. The van der Waals surface area contributed by atoms with Crippen LogP contribution in [0.25, 0.3) is 5.65 Å². The molecule has 0 bridgehead atoms. The van der Waals surface area contributed by atoms with E-state index in [9.17, 15) is 0 Å². The van der Waals surface area contributed by atoms with Gasteiger partial charge in [-0.1, -0.05) is 38.4 Å². The van der Waals surface area contributed by atoms with Gasteiger partial charge in [0.2, 0.25) is 0 Å². The second-order valence-corrected chi connectivity index (χ2v) is 6.89. The summed E-state index contributed by atoms with van der Waals surface area (Å²) in [6.45, 7) is 6.31. The molecule has 3 aromatic rings. The Labute approximate surface area is 146 Å². The van der Waals surface area contributed by atoms with E-state index >= 15 is 0 Å². The van der Waals surface area contributed by atoms with Crippen LogP contribution in [0.1, 0.15) is 26.5 Å². The minimum atomic E-state index is -0.154. The first kappa shape index (κ1) is 16.5. The fourth-order valence-electron chi connectivity index (χ4n) is 2.38. The number of methoxy groups -OCH3 is 1. The molecule has 5 nitrogen and oxygen atoms in total. The van der Waals surface area contributed by atoms with Crippen LogP contribution in [0.15, 0.2) is 52.8 Å². The number of fused-ring (bicyclic) bond motifs is 1. The summed E-state index contributed by atoms with van der Waals surface area (Å²) in [5.74, 6) is 1.39. The smallest absolute Gasteiger partial charge is 0.183 e. The lowest BCUT2D eigenvalue weighted by Gasteiger charge is -2.15. The van der Waals surface area contributed by atoms with E-state index in [-0.39, 0.29) is 5.41 Å². The molecule has 1 aromatic carbocycles. The second-order valence-electron chi connectivity index (χ2n) is 6.48. The van der Waals surface area contributed by atoms with Gasteiger partial charge in [0, 0.05) is 17.7 Å². The zero-order valence-electron chi connectivity index (χ0n) is 14.1. The number of hydrogen-bond donors (Lipinski definition) is 0. The second kappa shape index (κ2) is 6.24. The van der Waals surface area contributed by atoms with Crippen molar-refractivity contribution in [3.8, 4) is 5.75 Å². The minimum absolute atomic E-state index is 0.154. The van der Waals surface area contributed by atoms with Crippen molar-refractivity contribution >= 4 is 28.8 Å². The molecule has 2 aromatic heterocycles. The zero-order chi connectivity index (χ0) is 17.3. The molecule has 0 aliphatic heterocycles. The molecule has 0 aliphatic carbocycles. The third-order valence-corrected chi connectivity index (χ3v) is 3.94. The highest BCUT2D eigenvalue weighted by Crippen LogP contribution is 2.35. The molecule has 0 spiro atoms. The van der Waals surface area contributed by atoms with E-state index in [0.29, 0.717) is 22.3 Å². The van der Waals surface area contributed by atoms with Crippen LogP contribution < -0.4 is 4.74 Å². The number of ether oxygens (including phenoxy) is 1. The summed E-state index contributed by atoms with van der Waals surface area (Å²) in [7, 11) is 1.60. The summed E-state index contributed by atoms with van der Waals surface area (Å²) < 4.78 is 7.15. The molecule has 3 rings (SSSR count). The topological polar surface area (TPSA) is 51.2 Å². The maximum Gasteiger partial charge on any atom is 0.183 e. The van der Waals surface area contributed by atoms with Crippen molar-refractivity contribution in [1.29, 1.82) is 0 Å². The van der Waals surface area contributed by atoms with Crippen LogP contribution in [0, 0.1) is 0 Å². The van der Waals surface area contributed by atoms with Crippen molar-refractivity contribution in [2.24, 2.45) is 10.2 Å². The predicted octanol–water partition coefficient (Wildman–Crippen LogP) is 5.71. The Morgan fingerprint density at radius 2 is 1.92 bits per heavy atom. The van der Waals surface area contributed by atoms with Crippen molar-refractivity contribution in [3.05, 3.63) is 53.3 Å². The number of nitrogens with zero attached hydrogens (tertiary/aromatic N) is 4. The number of benzene rings is 1. The number of hydrogen-bond acceptors (Lipinski definition) is 4. The molecule has 0 saturated carbocycles. The van der Waals surface area contributed by atoms with Crippen LogP contribution in [0.4, 0.5) is 11.5 Å². The Hall–Kier alpha value is -2.40. The van der Waals surface area contributed by atoms with Crippen molar-refractivity contribution in [2.75, 3.05) is 7.11 Å². The normalized spacial score (nSPS) is 12.2. The summed E-state index contributed by atoms with van der Waals surface area (Å²) in [6, 6.07) is 11.1. The Morgan fingerprint density at radius 1 is 1.12 bits per heavy atom. The standard InChI is InChI=1S/C18H19ClN4O/c1-18(2,3)16-17(23-10-6-5-7-15(23)20-16)22-21-14-11-12(24-4)8-9-13(14)19/h5-11H,1-4H3. The Bertz CT molecular complexity index is 909. The van der Waals surface area contributed by atoms with E-state index in [1.165, 1.54) is 0 Å². The highest BCUT2D eigenvalue weighted by molar-refractivity contribution is 6.33. The van der Waals surface area contributed by atoms with Gasteiger partial charge in [0.15, 0.2) is 5.82 Å². The van der Waals surface area contributed by atoms with Gasteiger partial charge in [-0.15, -0.1) is 10.2 Å². The van der Waals surface area contributed by atoms with Gasteiger partial charge in [-0.2, -0.15) is 0 Å². The van der Waals surface area contributed by atoms with Gasteiger partial charge in [0.25, 0.3) is 0 Å². The predicted molar refractivity (Wildman–Crippen MR) is 96.1 cm³/mol. The molecule has 0 aliphatic rings. The highest BCUT2D eigenvalue weighted by Gasteiger charge is 2.24. The summed E-state index contributed by atoms with van der Waals surface area (Å²) in [5.41, 5.74) is 2.13. The quantitative estimate of drug-likeness (QED) is 0.572. The van der Waals surface area contributed by atoms with E-state index < -0.39 is 0 Å². The Kier molecular flexibility index (Phi) is 4.28. The molecular formula is C18H19ClN4O. The molecular weight excluding hydrogens is 324 g/mol. The fraction of sp³-hybridized carbons (Fsp3) is 0.278. The number of pyridine rings is 1. The molecule has 0 N–H and O–H groups in total. The van der Waals surface area contributed by atoms with Gasteiger partial charge in [-0.25, -0.2) is 4.98 Å². The van der Waals surface area contributed by atoms with E-state index in [1.807, 2.05) is 28.8 Å². The van der Waals surface area contributed by atoms with Crippen molar-refractivity contribution in [3.63, 3.8) is 0 Å². The average Bonchev–Trinajstić information content (AvgIpc) is 2.93. The van der Waals surface area contributed by atoms with Gasteiger partial charge >= 0.3 is 0 Å². The number of azo groups is 1. The average molecular weight is 343 g/mol. The minimum Gasteiger partial charge on any atom is -0.497 e. The number of aromatic nitrogens is 2. The summed E-state index contributed by atoms with van der Waals surface area (Å²) >= 11 is 6.21. The third-order valence-electron chi connectivity index (χ3n) is 3.62. The van der Waals surface area contributed by atoms with Crippen molar-refractivity contribution < 1.29 is 4.74 Å². The van der Waals surface area contributed by atoms with Crippen LogP contribution in [-0.2, 0) is 5.41 Å². The van der Waals surface area contributed by atoms with Crippen molar-refractivity contribution in [1.82, 2.24) is 9.38 Å². The van der Waals surface area contributed by atoms with Gasteiger partial charge in [0.1, 0.15) is 17.1 Å².